The van der Waals surface area contributed by atoms with Crippen LogP contribution in [0.25, 0.3) is 0 Å². The summed E-state index contributed by atoms with van der Waals surface area (Å²) in [7, 11) is 0. The predicted molar refractivity (Wildman–Crippen MR) is 108 cm³/mol. The Balaban J connectivity index is 1.18. The number of nitrogens with one attached hydrogen (secondary N) is 2. The van der Waals surface area contributed by atoms with E-state index in [0.29, 0.717) is 13.2 Å². The Morgan fingerprint density at radius 1 is 1.04 bits per heavy atom. The van der Waals surface area contributed by atoms with Gasteiger partial charge in [0.1, 0.15) is 12.4 Å². The zero-order chi connectivity index (χ0) is 19.7. The smallest absolute Gasteiger partial charge is 0.239 e. The van der Waals surface area contributed by atoms with Gasteiger partial charge in [0.25, 0.3) is 0 Å². The number of carbonyl (C=O) groups excluding carboxylic acids is 2. The summed E-state index contributed by atoms with van der Waals surface area (Å²) in [6.07, 6.45) is 7.01. The summed E-state index contributed by atoms with van der Waals surface area (Å²) in [5.41, 5.74) is 2.10. The topological polar surface area (TPSA) is 67.4 Å². The van der Waals surface area contributed by atoms with Gasteiger partial charge >= 0.3 is 0 Å². The van der Waals surface area contributed by atoms with Crippen LogP contribution in [0.5, 0.6) is 5.75 Å². The minimum atomic E-state index is -0.193. The van der Waals surface area contributed by atoms with Crippen LogP contribution in [0.4, 0.5) is 0 Å². The Morgan fingerprint density at radius 3 is 2.29 bits per heavy atom. The lowest BCUT2D eigenvalue weighted by atomic mass is 9.49. The first-order valence-electron chi connectivity index (χ1n) is 10.7. The molecule has 1 aromatic rings. The number of hydrogen-bond acceptors (Lipinski definition) is 3. The first-order valence-corrected chi connectivity index (χ1v) is 10.7. The second-order valence-electron chi connectivity index (χ2n) is 9.35. The van der Waals surface area contributed by atoms with E-state index in [1.54, 1.807) is 0 Å². The minimum Gasteiger partial charge on any atom is -0.491 e. The maximum absolute atomic E-state index is 12.9. The van der Waals surface area contributed by atoms with Crippen molar-refractivity contribution in [1.29, 1.82) is 0 Å². The summed E-state index contributed by atoms with van der Waals surface area (Å²) in [6, 6.07) is 6.05. The fourth-order valence-corrected chi connectivity index (χ4v) is 6.11. The van der Waals surface area contributed by atoms with Gasteiger partial charge in [0.15, 0.2) is 0 Å². The van der Waals surface area contributed by atoms with Gasteiger partial charge in [0, 0.05) is 5.41 Å². The van der Waals surface area contributed by atoms with Crippen molar-refractivity contribution < 1.29 is 14.3 Å². The maximum Gasteiger partial charge on any atom is 0.239 e. The van der Waals surface area contributed by atoms with E-state index >= 15 is 0 Å². The van der Waals surface area contributed by atoms with Crippen molar-refractivity contribution in [2.45, 2.75) is 52.4 Å². The van der Waals surface area contributed by atoms with Crippen LogP contribution in [0.3, 0.4) is 0 Å². The Hall–Kier alpha value is -2.04. The van der Waals surface area contributed by atoms with Crippen molar-refractivity contribution in [3.05, 3.63) is 29.3 Å². The molecule has 5 heteroatoms. The third-order valence-corrected chi connectivity index (χ3v) is 6.94. The highest BCUT2D eigenvalue weighted by atomic mass is 16.5. The Labute approximate surface area is 167 Å². The van der Waals surface area contributed by atoms with Crippen LogP contribution in [0.15, 0.2) is 18.2 Å². The molecule has 4 bridgehead atoms. The lowest BCUT2D eigenvalue weighted by molar-refractivity contribution is -0.147. The molecule has 0 aliphatic heterocycles. The summed E-state index contributed by atoms with van der Waals surface area (Å²) in [5.74, 6) is 2.99. The van der Waals surface area contributed by atoms with Gasteiger partial charge in [-0.2, -0.15) is 0 Å². The largest absolute Gasteiger partial charge is 0.491 e. The molecule has 4 aliphatic carbocycles. The summed E-state index contributed by atoms with van der Waals surface area (Å²) in [6.45, 7) is 4.97. The fourth-order valence-electron chi connectivity index (χ4n) is 6.11. The minimum absolute atomic E-state index is 0.0597. The first-order chi connectivity index (χ1) is 13.4. The van der Waals surface area contributed by atoms with Crippen LogP contribution >= 0.6 is 0 Å². The SMILES string of the molecule is Cc1ccc(OCCNC(=O)CNC(=O)C23CC4CC(CC(C4)C2)C3)c(C)c1. The van der Waals surface area contributed by atoms with Gasteiger partial charge in [-0.3, -0.25) is 9.59 Å². The van der Waals surface area contributed by atoms with Gasteiger partial charge in [-0.05, 0) is 81.8 Å². The van der Waals surface area contributed by atoms with Gasteiger partial charge in [-0.15, -0.1) is 0 Å². The zero-order valence-corrected chi connectivity index (χ0v) is 17.1. The highest BCUT2D eigenvalue weighted by molar-refractivity contribution is 5.88. The third-order valence-electron chi connectivity index (χ3n) is 6.94. The Kier molecular flexibility index (Phi) is 5.35. The quantitative estimate of drug-likeness (QED) is 0.710. The monoisotopic (exact) mass is 384 g/mol. The molecule has 28 heavy (non-hydrogen) atoms. The summed E-state index contributed by atoms with van der Waals surface area (Å²) >= 11 is 0. The summed E-state index contributed by atoms with van der Waals surface area (Å²) in [5, 5.41) is 5.76. The van der Waals surface area contributed by atoms with E-state index in [2.05, 4.69) is 23.6 Å². The van der Waals surface area contributed by atoms with Gasteiger partial charge in [0.2, 0.25) is 11.8 Å². The van der Waals surface area contributed by atoms with Crippen molar-refractivity contribution in [2.24, 2.45) is 23.2 Å². The molecule has 0 radical (unpaired) electrons. The van der Waals surface area contributed by atoms with Gasteiger partial charge in [0.05, 0.1) is 13.1 Å². The molecule has 4 fully saturated rings. The molecule has 0 unspecified atom stereocenters. The highest BCUT2D eigenvalue weighted by Crippen LogP contribution is 2.60. The van der Waals surface area contributed by atoms with Crippen LogP contribution < -0.4 is 15.4 Å². The third kappa shape index (κ3) is 4.03. The molecule has 0 heterocycles. The Morgan fingerprint density at radius 2 is 1.68 bits per heavy atom. The van der Waals surface area contributed by atoms with E-state index in [1.165, 1.54) is 24.8 Å². The molecule has 4 aliphatic rings. The van der Waals surface area contributed by atoms with E-state index in [1.807, 2.05) is 19.1 Å². The lowest BCUT2D eigenvalue weighted by Crippen LogP contribution is -2.54. The van der Waals surface area contributed by atoms with Crippen molar-refractivity contribution in [3.8, 4) is 5.75 Å². The van der Waals surface area contributed by atoms with Crippen LogP contribution in [0.2, 0.25) is 0 Å². The molecule has 5 rings (SSSR count). The normalized spacial score (nSPS) is 30.1. The Bertz CT molecular complexity index is 723. The molecular formula is C23H32N2O3. The molecular weight excluding hydrogens is 352 g/mol. The van der Waals surface area contributed by atoms with Crippen LogP contribution in [0, 0.1) is 37.0 Å². The van der Waals surface area contributed by atoms with E-state index in [0.717, 1.165) is 48.3 Å². The summed E-state index contributed by atoms with van der Waals surface area (Å²) in [4.78, 5) is 25.0. The van der Waals surface area contributed by atoms with Gasteiger partial charge in [-0.25, -0.2) is 0 Å². The van der Waals surface area contributed by atoms with Crippen molar-refractivity contribution in [3.63, 3.8) is 0 Å². The second-order valence-corrected chi connectivity index (χ2v) is 9.35. The maximum atomic E-state index is 12.9. The number of benzene rings is 1. The number of hydrogen-bond donors (Lipinski definition) is 2. The number of rotatable bonds is 7. The molecule has 2 amide bonds. The molecule has 152 valence electrons. The zero-order valence-electron chi connectivity index (χ0n) is 17.1. The molecule has 4 saturated carbocycles. The predicted octanol–water partition coefficient (Wildman–Crippen LogP) is 3.13. The first kappa shape index (κ1) is 19.3. The molecule has 0 atom stereocenters. The van der Waals surface area contributed by atoms with Gasteiger partial charge in [-0.1, -0.05) is 17.7 Å². The van der Waals surface area contributed by atoms with E-state index in [9.17, 15) is 9.59 Å². The standard InChI is InChI=1S/C23H32N2O3/c1-15-3-4-20(16(2)7-15)28-6-5-24-21(26)14-25-22(27)23-11-17-8-18(12-23)10-19(9-17)13-23/h3-4,7,17-19H,5-6,8-14H2,1-2H3,(H,24,26)(H,25,27). The van der Waals surface area contributed by atoms with E-state index in [-0.39, 0.29) is 23.8 Å². The average molecular weight is 385 g/mol. The molecule has 5 nitrogen and oxygen atoms in total. The van der Waals surface area contributed by atoms with Crippen LogP contribution in [-0.4, -0.2) is 31.5 Å². The van der Waals surface area contributed by atoms with Crippen LogP contribution in [-0.2, 0) is 9.59 Å². The number of aryl methyl sites for hydroxylation is 2. The van der Waals surface area contributed by atoms with Crippen molar-refractivity contribution >= 4 is 11.8 Å². The average Bonchev–Trinajstić information content (AvgIpc) is 2.63. The lowest BCUT2D eigenvalue weighted by Gasteiger charge is -2.55. The van der Waals surface area contributed by atoms with Gasteiger partial charge < -0.3 is 15.4 Å². The molecule has 1 aromatic carbocycles. The van der Waals surface area contributed by atoms with E-state index in [4.69, 9.17) is 4.74 Å². The molecule has 0 aromatic heterocycles. The molecule has 0 saturated heterocycles. The van der Waals surface area contributed by atoms with Crippen molar-refractivity contribution in [1.82, 2.24) is 10.6 Å². The highest BCUT2D eigenvalue weighted by Gasteiger charge is 2.54. The fraction of sp³-hybridized carbons (Fsp3) is 0.652. The van der Waals surface area contributed by atoms with E-state index < -0.39 is 0 Å². The number of amides is 2. The molecule has 2 N–H and O–H groups in total. The van der Waals surface area contributed by atoms with Crippen LogP contribution in [0.1, 0.15) is 49.7 Å². The van der Waals surface area contributed by atoms with Crippen molar-refractivity contribution in [2.75, 3.05) is 19.7 Å². The second kappa shape index (κ2) is 7.76. The number of carbonyl (C=O) groups is 2. The number of ether oxygens (including phenoxy) is 1. The summed E-state index contributed by atoms with van der Waals surface area (Å²) < 4.78 is 5.73. The molecule has 0 spiro atoms.